The number of nitrogens with zero attached hydrogens (tertiary/aromatic N) is 2. The first-order valence-corrected chi connectivity index (χ1v) is 6.84. The van der Waals surface area contributed by atoms with Gasteiger partial charge in [0.15, 0.2) is 0 Å². The molecule has 1 unspecified atom stereocenters. The van der Waals surface area contributed by atoms with Crippen LogP contribution < -0.4 is 5.32 Å². The van der Waals surface area contributed by atoms with E-state index < -0.39 is 0 Å². The molecule has 0 fully saturated rings. The van der Waals surface area contributed by atoms with Gasteiger partial charge in [-0.25, -0.2) is 0 Å². The molecule has 1 N–H and O–H groups in total. The third kappa shape index (κ3) is 3.52. The lowest BCUT2D eigenvalue weighted by atomic mass is 10.1. The third-order valence-electron chi connectivity index (χ3n) is 3.17. The highest BCUT2D eigenvalue weighted by atomic mass is 35.5. The molecule has 3 nitrogen and oxygen atoms in total. The van der Waals surface area contributed by atoms with E-state index in [1.165, 1.54) is 5.56 Å². The zero-order valence-electron chi connectivity index (χ0n) is 11.2. The molecule has 1 atom stereocenters. The molecule has 0 aromatic carbocycles. The SMILES string of the molecule is CCc1ccc(CC(NC)c2ncccc2Cl)nc1. The van der Waals surface area contributed by atoms with Crippen LogP contribution in [-0.4, -0.2) is 17.0 Å². The zero-order valence-corrected chi connectivity index (χ0v) is 12.0. The van der Waals surface area contributed by atoms with Crippen LogP contribution >= 0.6 is 11.6 Å². The van der Waals surface area contributed by atoms with Crippen molar-refractivity contribution in [3.8, 4) is 0 Å². The Kier molecular flexibility index (Phi) is 4.88. The number of nitrogens with one attached hydrogen (secondary N) is 1. The molecule has 0 saturated heterocycles. The molecule has 2 rings (SSSR count). The first kappa shape index (κ1) is 14.0. The van der Waals surface area contributed by atoms with Crippen LogP contribution in [0.2, 0.25) is 5.02 Å². The highest BCUT2D eigenvalue weighted by molar-refractivity contribution is 6.31. The van der Waals surface area contributed by atoms with E-state index in [0.717, 1.165) is 24.2 Å². The monoisotopic (exact) mass is 275 g/mol. The second-order valence-electron chi connectivity index (χ2n) is 4.43. The molecule has 100 valence electrons. The Morgan fingerprint density at radius 3 is 2.68 bits per heavy atom. The number of hydrogen-bond donors (Lipinski definition) is 1. The average Bonchev–Trinajstić information content (AvgIpc) is 2.46. The van der Waals surface area contributed by atoms with Gasteiger partial charge in [-0.15, -0.1) is 0 Å². The van der Waals surface area contributed by atoms with E-state index in [0.29, 0.717) is 5.02 Å². The van der Waals surface area contributed by atoms with Crippen molar-refractivity contribution in [2.24, 2.45) is 0 Å². The predicted molar refractivity (Wildman–Crippen MR) is 78.4 cm³/mol. The lowest BCUT2D eigenvalue weighted by molar-refractivity contribution is 0.569. The molecule has 2 aromatic heterocycles. The van der Waals surface area contributed by atoms with Gasteiger partial charge < -0.3 is 5.32 Å². The molecule has 2 aromatic rings. The molecule has 0 aliphatic rings. The van der Waals surface area contributed by atoms with Crippen LogP contribution in [-0.2, 0) is 12.8 Å². The van der Waals surface area contributed by atoms with Gasteiger partial charge in [0, 0.05) is 24.5 Å². The molecular weight excluding hydrogens is 258 g/mol. The van der Waals surface area contributed by atoms with E-state index in [-0.39, 0.29) is 6.04 Å². The van der Waals surface area contributed by atoms with Crippen molar-refractivity contribution in [3.05, 3.63) is 58.6 Å². The summed E-state index contributed by atoms with van der Waals surface area (Å²) in [6.07, 6.45) is 5.48. The fourth-order valence-electron chi connectivity index (χ4n) is 1.98. The summed E-state index contributed by atoms with van der Waals surface area (Å²) in [5.41, 5.74) is 3.16. The number of pyridine rings is 2. The van der Waals surface area contributed by atoms with Gasteiger partial charge in [-0.3, -0.25) is 9.97 Å². The smallest absolute Gasteiger partial charge is 0.0762 e. The van der Waals surface area contributed by atoms with Crippen LogP contribution in [0.3, 0.4) is 0 Å². The molecule has 0 aliphatic carbocycles. The number of aromatic nitrogens is 2. The minimum Gasteiger partial charge on any atom is -0.311 e. The van der Waals surface area contributed by atoms with Crippen molar-refractivity contribution in [1.82, 2.24) is 15.3 Å². The molecule has 0 radical (unpaired) electrons. The van der Waals surface area contributed by atoms with E-state index in [9.17, 15) is 0 Å². The molecule has 19 heavy (non-hydrogen) atoms. The predicted octanol–water partition coefficient (Wildman–Crippen LogP) is 3.20. The van der Waals surface area contributed by atoms with E-state index >= 15 is 0 Å². The molecule has 0 saturated carbocycles. The number of hydrogen-bond acceptors (Lipinski definition) is 3. The minimum atomic E-state index is 0.0775. The van der Waals surface area contributed by atoms with Crippen LogP contribution in [0.25, 0.3) is 0 Å². The van der Waals surface area contributed by atoms with Gasteiger partial charge in [-0.05, 0) is 37.2 Å². The largest absolute Gasteiger partial charge is 0.311 e. The van der Waals surface area contributed by atoms with Gasteiger partial charge in [0.25, 0.3) is 0 Å². The maximum absolute atomic E-state index is 6.19. The van der Waals surface area contributed by atoms with Crippen LogP contribution in [0.4, 0.5) is 0 Å². The molecule has 0 amide bonds. The molecular formula is C15H18ClN3. The lowest BCUT2D eigenvalue weighted by Crippen LogP contribution is -2.20. The van der Waals surface area contributed by atoms with Gasteiger partial charge in [0.2, 0.25) is 0 Å². The summed E-state index contributed by atoms with van der Waals surface area (Å²) in [5, 5.41) is 3.94. The normalized spacial score (nSPS) is 12.4. The summed E-state index contributed by atoms with van der Waals surface area (Å²) in [6.45, 7) is 2.13. The van der Waals surface area contributed by atoms with Crippen LogP contribution in [0.15, 0.2) is 36.7 Å². The second-order valence-corrected chi connectivity index (χ2v) is 4.83. The van der Waals surface area contributed by atoms with E-state index in [4.69, 9.17) is 11.6 Å². The highest BCUT2D eigenvalue weighted by Crippen LogP contribution is 2.22. The summed E-state index contributed by atoms with van der Waals surface area (Å²) in [7, 11) is 1.91. The Bertz CT molecular complexity index is 525. The fourth-order valence-corrected chi connectivity index (χ4v) is 2.24. The van der Waals surface area contributed by atoms with Crippen LogP contribution in [0.5, 0.6) is 0 Å². The maximum Gasteiger partial charge on any atom is 0.0762 e. The third-order valence-corrected chi connectivity index (χ3v) is 3.49. The summed E-state index contributed by atoms with van der Waals surface area (Å²) >= 11 is 6.19. The lowest BCUT2D eigenvalue weighted by Gasteiger charge is -2.16. The molecule has 0 aliphatic heterocycles. The van der Waals surface area contributed by atoms with Gasteiger partial charge in [-0.2, -0.15) is 0 Å². The van der Waals surface area contributed by atoms with Crippen molar-refractivity contribution in [2.45, 2.75) is 25.8 Å². The number of halogens is 1. The van der Waals surface area contributed by atoms with Gasteiger partial charge in [0.1, 0.15) is 0 Å². The zero-order chi connectivity index (χ0) is 13.7. The van der Waals surface area contributed by atoms with Crippen molar-refractivity contribution in [3.63, 3.8) is 0 Å². The van der Waals surface area contributed by atoms with Crippen molar-refractivity contribution in [1.29, 1.82) is 0 Å². The van der Waals surface area contributed by atoms with Gasteiger partial charge in [0.05, 0.1) is 16.8 Å². The van der Waals surface area contributed by atoms with Gasteiger partial charge in [-0.1, -0.05) is 24.6 Å². The van der Waals surface area contributed by atoms with Crippen LogP contribution in [0.1, 0.15) is 29.9 Å². The number of rotatable bonds is 5. The highest BCUT2D eigenvalue weighted by Gasteiger charge is 2.15. The van der Waals surface area contributed by atoms with Crippen molar-refractivity contribution >= 4 is 11.6 Å². The minimum absolute atomic E-state index is 0.0775. The summed E-state index contributed by atoms with van der Waals surface area (Å²) in [4.78, 5) is 8.84. The molecule has 2 heterocycles. The van der Waals surface area contributed by atoms with Crippen LogP contribution in [0, 0.1) is 0 Å². The van der Waals surface area contributed by atoms with Crippen molar-refractivity contribution < 1.29 is 0 Å². The summed E-state index contributed by atoms with van der Waals surface area (Å²) in [5.74, 6) is 0. The molecule has 0 spiro atoms. The molecule has 0 bridgehead atoms. The van der Waals surface area contributed by atoms with E-state index in [2.05, 4.69) is 34.3 Å². The Hall–Kier alpha value is -1.45. The first-order chi connectivity index (χ1) is 9.24. The van der Waals surface area contributed by atoms with E-state index in [1.807, 2.05) is 25.4 Å². The number of likely N-dealkylation sites (N-methyl/N-ethyl adjacent to an activating group) is 1. The summed E-state index contributed by atoms with van der Waals surface area (Å²) in [6, 6.07) is 7.97. The quantitative estimate of drug-likeness (QED) is 0.911. The number of aryl methyl sites for hydroxylation is 1. The topological polar surface area (TPSA) is 37.8 Å². The standard InChI is InChI=1S/C15H18ClN3/c1-3-11-6-7-12(19-10-11)9-14(17-2)15-13(16)5-4-8-18-15/h4-8,10,14,17H,3,9H2,1-2H3. The molecule has 4 heteroatoms. The second kappa shape index (κ2) is 6.64. The Morgan fingerprint density at radius 2 is 2.11 bits per heavy atom. The Labute approximate surface area is 119 Å². The Morgan fingerprint density at radius 1 is 1.26 bits per heavy atom. The average molecular weight is 276 g/mol. The Balaban J connectivity index is 2.17. The van der Waals surface area contributed by atoms with Crippen molar-refractivity contribution in [2.75, 3.05) is 7.05 Å². The first-order valence-electron chi connectivity index (χ1n) is 6.46. The fraction of sp³-hybridized carbons (Fsp3) is 0.333. The van der Waals surface area contributed by atoms with Gasteiger partial charge >= 0.3 is 0 Å². The maximum atomic E-state index is 6.19. The van der Waals surface area contributed by atoms with E-state index in [1.54, 1.807) is 6.20 Å². The summed E-state index contributed by atoms with van der Waals surface area (Å²) < 4.78 is 0.